The number of hydrogen-bond donors (Lipinski definition) is 0. The van der Waals surface area contributed by atoms with E-state index in [2.05, 4.69) is 6.08 Å². The van der Waals surface area contributed by atoms with Crippen LogP contribution in [0.2, 0.25) is 12.6 Å². The third-order valence-electron chi connectivity index (χ3n) is 3.79. The molecule has 0 saturated carbocycles. The highest BCUT2D eigenvalue weighted by atomic mass is 35.5. The Balaban J connectivity index is 1.93. The standard InChI is InChI=1S/C12H20BClO/c1-15-13-8-11-5-10(3-2-4-14)6-12(7-11)9-13/h5,11-12H,2-4,6-9H2,1H3. The second-order valence-corrected chi connectivity index (χ2v) is 5.39. The van der Waals surface area contributed by atoms with Gasteiger partial charge in [-0.2, -0.15) is 0 Å². The lowest BCUT2D eigenvalue weighted by Gasteiger charge is -2.36. The van der Waals surface area contributed by atoms with Crippen molar-refractivity contribution in [2.45, 2.75) is 38.3 Å². The predicted octanol–water partition coefficient (Wildman–Crippen LogP) is 3.61. The van der Waals surface area contributed by atoms with Crippen LogP contribution in [0.5, 0.6) is 0 Å². The van der Waals surface area contributed by atoms with E-state index in [1.54, 1.807) is 5.57 Å². The van der Waals surface area contributed by atoms with Crippen LogP contribution in [-0.4, -0.2) is 19.9 Å². The van der Waals surface area contributed by atoms with E-state index < -0.39 is 0 Å². The number of hydrogen-bond acceptors (Lipinski definition) is 1. The van der Waals surface area contributed by atoms with Gasteiger partial charge < -0.3 is 4.65 Å². The molecule has 2 unspecified atom stereocenters. The highest BCUT2D eigenvalue weighted by Gasteiger charge is 2.34. The molecule has 2 rings (SSSR count). The molecular formula is C12H20BClO. The second-order valence-electron chi connectivity index (χ2n) is 5.01. The van der Waals surface area contributed by atoms with Gasteiger partial charge in [-0.15, -0.1) is 11.6 Å². The Morgan fingerprint density at radius 2 is 2.40 bits per heavy atom. The van der Waals surface area contributed by atoms with Crippen LogP contribution in [0.3, 0.4) is 0 Å². The first kappa shape index (κ1) is 11.5. The fourth-order valence-corrected chi connectivity index (χ4v) is 3.31. The van der Waals surface area contributed by atoms with E-state index in [1.165, 1.54) is 31.9 Å². The van der Waals surface area contributed by atoms with Crippen LogP contribution in [0.4, 0.5) is 0 Å². The summed E-state index contributed by atoms with van der Waals surface area (Å²) in [5, 5.41) is 0. The minimum Gasteiger partial charge on any atom is -0.438 e. The molecule has 0 N–H and O–H groups in total. The van der Waals surface area contributed by atoms with Crippen molar-refractivity contribution in [3.8, 4) is 0 Å². The van der Waals surface area contributed by atoms with E-state index in [9.17, 15) is 0 Å². The van der Waals surface area contributed by atoms with Crippen LogP contribution >= 0.6 is 11.6 Å². The zero-order chi connectivity index (χ0) is 10.7. The average molecular weight is 227 g/mol. The average Bonchev–Trinajstić information content (AvgIpc) is 2.25. The summed E-state index contributed by atoms with van der Waals surface area (Å²) in [7, 11) is 1.85. The maximum Gasteiger partial charge on any atom is 0.293 e. The Kier molecular flexibility index (Phi) is 4.16. The quantitative estimate of drug-likeness (QED) is 0.404. The van der Waals surface area contributed by atoms with E-state index in [-0.39, 0.29) is 0 Å². The van der Waals surface area contributed by atoms with Crippen LogP contribution in [0.1, 0.15) is 25.7 Å². The summed E-state index contributed by atoms with van der Waals surface area (Å²) in [6.07, 6.45) is 10.1. The topological polar surface area (TPSA) is 9.23 Å². The van der Waals surface area contributed by atoms with Gasteiger partial charge in [0.05, 0.1) is 0 Å². The van der Waals surface area contributed by atoms with Crippen LogP contribution in [0.15, 0.2) is 11.6 Å². The molecule has 1 nitrogen and oxygen atoms in total. The third-order valence-corrected chi connectivity index (χ3v) is 4.05. The Morgan fingerprint density at radius 3 is 3.07 bits per heavy atom. The van der Waals surface area contributed by atoms with Gasteiger partial charge in [-0.3, -0.25) is 0 Å². The maximum absolute atomic E-state index is 5.74. The highest BCUT2D eigenvalue weighted by molar-refractivity contribution is 6.52. The molecule has 0 aromatic rings. The van der Waals surface area contributed by atoms with Crippen molar-refractivity contribution < 1.29 is 4.65 Å². The first-order valence-electron chi connectivity index (χ1n) is 6.10. The summed E-state index contributed by atoms with van der Waals surface area (Å²) in [5.41, 5.74) is 1.66. The first-order chi connectivity index (χ1) is 7.31. The van der Waals surface area contributed by atoms with Gasteiger partial charge in [0.15, 0.2) is 0 Å². The molecule has 1 fully saturated rings. The number of allylic oxidation sites excluding steroid dienone is 2. The van der Waals surface area contributed by atoms with Crippen molar-refractivity contribution in [1.82, 2.24) is 0 Å². The van der Waals surface area contributed by atoms with Gasteiger partial charge >= 0.3 is 0 Å². The molecule has 2 bridgehead atoms. The second kappa shape index (κ2) is 5.40. The summed E-state index contributed by atoms with van der Waals surface area (Å²) in [6, 6.07) is 0. The highest BCUT2D eigenvalue weighted by Crippen LogP contribution is 2.40. The van der Waals surface area contributed by atoms with Crippen LogP contribution in [0.25, 0.3) is 0 Å². The summed E-state index contributed by atoms with van der Waals surface area (Å²) in [6.45, 7) is 0.513. The number of halogens is 1. The molecule has 0 aromatic heterocycles. The molecule has 3 heteroatoms. The molecule has 1 aliphatic carbocycles. The monoisotopic (exact) mass is 226 g/mol. The lowest BCUT2D eigenvalue weighted by Crippen LogP contribution is -2.32. The molecule has 15 heavy (non-hydrogen) atoms. The Morgan fingerprint density at radius 1 is 1.53 bits per heavy atom. The van der Waals surface area contributed by atoms with E-state index >= 15 is 0 Å². The fourth-order valence-electron chi connectivity index (χ4n) is 3.17. The minimum atomic E-state index is 0.513. The summed E-state index contributed by atoms with van der Waals surface area (Å²) in [5.74, 6) is 2.46. The van der Waals surface area contributed by atoms with Crippen molar-refractivity contribution in [2.75, 3.05) is 13.0 Å². The maximum atomic E-state index is 5.74. The van der Waals surface area contributed by atoms with Crippen LogP contribution < -0.4 is 0 Å². The molecule has 84 valence electrons. The zero-order valence-electron chi connectivity index (χ0n) is 9.55. The van der Waals surface area contributed by atoms with Crippen molar-refractivity contribution in [1.29, 1.82) is 0 Å². The van der Waals surface area contributed by atoms with Gasteiger partial charge in [0.25, 0.3) is 6.92 Å². The lowest BCUT2D eigenvalue weighted by molar-refractivity contribution is 0.338. The van der Waals surface area contributed by atoms with Crippen molar-refractivity contribution >= 4 is 18.5 Å². The van der Waals surface area contributed by atoms with E-state index in [1.807, 2.05) is 7.11 Å². The molecule has 1 saturated heterocycles. The van der Waals surface area contributed by atoms with E-state index in [4.69, 9.17) is 16.3 Å². The van der Waals surface area contributed by atoms with Gasteiger partial charge in [0.2, 0.25) is 0 Å². The minimum absolute atomic E-state index is 0.513. The molecule has 2 aliphatic rings. The van der Waals surface area contributed by atoms with Gasteiger partial charge in [0, 0.05) is 13.0 Å². The van der Waals surface area contributed by atoms with Gasteiger partial charge in [-0.1, -0.05) is 11.6 Å². The van der Waals surface area contributed by atoms with Crippen LogP contribution in [-0.2, 0) is 4.65 Å². The van der Waals surface area contributed by atoms with Gasteiger partial charge in [-0.05, 0) is 50.2 Å². The number of rotatable bonds is 4. The lowest BCUT2D eigenvalue weighted by atomic mass is 9.48. The SMILES string of the molecule is COB1CC2C=C(CCCCl)CC(C1)C2. The molecule has 0 amide bonds. The van der Waals surface area contributed by atoms with Crippen molar-refractivity contribution in [2.24, 2.45) is 11.8 Å². The van der Waals surface area contributed by atoms with Crippen molar-refractivity contribution in [3.63, 3.8) is 0 Å². The molecule has 0 spiro atoms. The molecule has 0 radical (unpaired) electrons. The Bertz CT molecular complexity index is 242. The molecule has 0 aromatic carbocycles. The molecule has 1 aliphatic heterocycles. The number of alkyl halides is 1. The summed E-state index contributed by atoms with van der Waals surface area (Å²) in [4.78, 5) is 0. The predicted molar refractivity (Wildman–Crippen MR) is 66.6 cm³/mol. The first-order valence-corrected chi connectivity index (χ1v) is 6.63. The Hall–Kier alpha value is 0.0549. The third kappa shape index (κ3) is 3.01. The summed E-state index contributed by atoms with van der Waals surface area (Å²) < 4.78 is 5.49. The van der Waals surface area contributed by atoms with Crippen molar-refractivity contribution in [3.05, 3.63) is 11.6 Å². The Labute approximate surface area is 98.3 Å². The molecule has 1 heterocycles. The van der Waals surface area contributed by atoms with Gasteiger partial charge in [-0.25, -0.2) is 0 Å². The number of fused-ring (bicyclic) bond motifs is 2. The van der Waals surface area contributed by atoms with Crippen LogP contribution in [0, 0.1) is 11.8 Å². The fraction of sp³-hybridized carbons (Fsp3) is 0.833. The largest absolute Gasteiger partial charge is 0.438 e. The summed E-state index contributed by atoms with van der Waals surface area (Å²) >= 11 is 5.74. The smallest absolute Gasteiger partial charge is 0.293 e. The van der Waals surface area contributed by atoms with E-state index in [0.717, 1.165) is 24.1 Å². The van der Waals surface area contributed by atoms with E-state index in [0.29, 0.717) is 6.92 Å². The normalized spacial score (nSPS) is 30.3. The molecule has 2 atom stereocenters. The van der Waals surface area contributed by atoms with Gasteiger partial charge in [0.1, 0.15) is 0 Å². The zero-order valence-corrected chi connectivity index (χ0v) is 10.3. The molecular weight excluding hydrogens is 206 g/mol.